The van der Waals surface area contributed by atoms with Gasteiger partial charge in [0.25, 0.3) is 0 Å². The smallest absolute Gasteiger partial charge is 0.160 e. The Morgan fingerprint density at radius 2 is 0.803 bits per heavy atom. The Labute approximate surface area is 354 Å². The SMILES string of the molecule is c1ccc(-c2cccc(-c3cc(-c4cccc5c4cc(-c4ccccc4)c4c(-c6ccccc6)nn(-c6ccccc6)c45)nc(-c4cccc(-c5ccccc5)c4)n3)c2)cc1. The van der Waals surface area contributed by atoms with Crippen LogP contribution in [0, 0.1) is 0 Å². The summed E-state index contributed by atoms with van der Waals surface area (Å²) >= 11 is 0. The van der Waals surface area contributed by atoms with Crippen LogP contribution in [-0.4, -0.2) is 19.7 Å². The number of benzene rings is 9. The minimum atomic E-state index is 0.664. The van der Waals surface area contributed by atoms with Crippen LogP contribution in [-0.2, 0) is 0 Å². The molecule has 4 nitrogen and oxygen atoms in total. The number of fused-ring (bicyclic) bond motifs is 3. The van der Waals surface area contributed by atoms with Crippen molar-refractivity contribution in [3.05, 3.63) is 231 Å². The van der Waals surface area contributed by atoms with E-state index < -0.39 is 0 Å². The molecule has 0 spiro atoms. The number of hydrogen-bond acceptors (Lipinski definition) is 3. The number of aromatic nitrogens is 4. The molecule has 0 saturated carbocycles. The quantitative estimate of drug-likeness (QED) is 0.154. The first-order chi connectivity index (χ1) is 30.2. The second kappa shape index (κ2) is 15.5. The van der Waals surface area contributed by atoms with Gasteiger partial charge < -0.3 is 0 Å². The van der Waals surface area contributed by atoms with Gasteiger partial charge in [0.15, 0.2) is 5.82 Å². The fourth-order valence-corrected chi connectivity index (χ4v) is 8.51. The molecule has 11 aromatic rings. The first kappa shape index (κ1) is 35.9. The van der Waals surface area contributed by atoms with Crippen LogP contribution in [0.25, 0.3) is 106 Å². The normalized spacial score (nSPS) is 11.3. The lowest BCUT2D eigenvalue weighted by Crippen LogP contribution is -1.98. The molecule has 4 heteroatoms. The minimum absolute atomic E-state index is 0.664. The lowest BCUT2D eigenvalue weighted by Gasteiger charge is -2.15. The van der Waals surface area contributed by atoms with E-state index in [-0.39, 0.29) is 0 Å². The van der Waals surface area contributed by atoms with Crippen molar-refractivity contribution in [2.75, 3.05) is 0 Å². The minimum Gasteiger partial charge on any atom is -0.232 e. The van der Waals surface area contributed by atoms with Crippen LogP contribution in [0.5, 0.6) is 0 Å². The van der Waals surface area contributed by atoms with E-state index in [2.05, 4.69) is 223 Å². The van der Waals surface area contributed by atoms with Crippen LogP contribution in [0.3, 0.4) is 0 Å². The van der Waals surface area contributed by atoms with Crippen molar-refractivity contribution < 1.29 is 0 Å². The Morgan fingerprint density at radius 1 is 0.311 bits per heavy atom. The predicted molar refractivity (Wildman–Crippen MR) is 252 cm³/mol. The van der Waals surface area contributed by atoms with Crippen LogP contribution in [0.15, 0.2) is 231 Å². The van der Waals surface area contributed by atoms with Gasteiger partial charge in [-0.05, 0) is 75.2 Å². The molecule has 9 aromatic carbocycles. The molecule has 0 radical (unpaired) electrons. The van der Waals surface area contributed by atoms with Gasteiger partial charge in [0.05, 0.1) is 22.6 Å². The molecule has 2 heterocycles. The molecule has 0 aliphatic rings. The molecular weight excluding hydrogens is 741 g/mol. The number of rotatable bonds is 8. The molecule has 0 fully saturated rings. The second-order valence-electron chi connectivity index (χ2n) is 15.2. The Hall–Kier alpha value is -8.21. The second-order valence-corrected chi connectivity index (χ2v) is 15.2. The maximum Gasteiger partial charge on any atom is 0.160 e. The van der Waals surface area contributed by atoms with Crippen LogP contribution in [0.2, 0.25) is 0 Å². The highest BCUT2D eigenvalue weighted by Crippen LogP contribution is 2.44. The van der Waals surface area contributed by atoms with Crippen molar-refractivity contribution in [1.82, 2.24) is 19.7 Å². The Bertz CT molecular complexity index is 3220. The molecule has 286 valence electrons. The maximum absolute atomic E-state index is 5.45. The summed E-state index contributed by atoms with van der Waals surface area (Å²) in [5, 5.41) is 8.70. The van der Waals surface area contributed by atoms with Gasteiger partial charge in [0.2, 0.25) is 0 Å². The third kappa shape index (κ3) is 6.76. The summed E-state index contributed by atoms with van der Waals surface area (Å²) < 4.78 is 2.12. The molecular formula is C57H38N4. The van der Waals surface area contributed by atoms with Crippen molar-refractivity contribution in [1.29, 1.82) is 0 Å². The van der Waals surface area contributed by atoms with Gasteiger partial charge in [0.1, 0.15) is 5.69 Å². The van der Waals surface area contributed by atoms with Crippen molar-refractivity contribution in [2.24, 2.45) is 0 Å². The summed E-state index contributed by atoms with van der Waals surface area (Å²) in [6.07, 6.45) is 0. The van der Waals surface area contributed by atoms with E-state index in [4.69, 9.17) is 15.1 Å². The van der Waals surface area contributed by atoms with E-state index >= 15 is 0 Å². The van der Waals surface area contributed by atoms with E-state index in [0.29, 0.717) is 5.82 Å². The Balaban J connectivity index is 1.20. The molecule has 11 rings (SSSR count). The molecule has 0 N–H and O–H groups in total. The van der Waals surface area contributed by atoms with Gasteiger partial charge in [-0.3, -0.25) is 0 Å². The van der Waals surface area contributed by atoms with Crippen molar-refractivity contribution >= 4 is 21.7 Å². The predicted octanol–water partition coefficient (Wildman–Crippen LogP) is 14.6. The average Bonchev–Trinajstić information content (AvgIpc) is 3.76. The molecule has 2 aromatic heterocycles. The van der Waals surface area contributed by atoms with E-state index in [0.717, 1.165) is 100 Å². The molecule has 0 aliphatic carbocycles. The van der Waals surface area contributed by atoms with E-state index in [9.17, 15) is 0 Å². The largest absolute Gasteiger partial charge is 0.232 e. The van der Waals surface area contributed by atoms with E-state index in [1.165, 1.54) is 0 Å². The van der Waals surface area contributed by atoms with Crippen LogP contribution >= 0.6 is 0 Å². The Kier molecular flexibility index (Phi) is 9.14. The highest BCUT2D eigenvalue weighted by atomic mass is 15.3. The fraction of sp³-hybridized carbons (Fsp3) is 0. The van der Waals surface area contributed by atoms with Crippen LogP contribution in [0.1, 0.15) is 0 Å². The zero-order valence-corrected chi connectivity index (χ0v) is 33.2. The van der Waals surface area contributed by atoms with Gasteiger partial charge in [-0.15, -0.1) is 0 Å². The zero-order valence-electron chi connectivity index (χ0n) is 33.2. The molecule has 0 bridgehead atoms. The van der Waals surface area contributed by atoms with Crippen molar-refractivity contribution in [2.45, 2.75) is 0 Å². The topological polar surface area (TPSA) is 43.6 Å². The summed E-state index contributed by atoms with van der Waals surface area (Å²) in [5.74, 6) is 0.664. The van der Waals surface area contributed by atoms with Gasteiger partial charge >= 0.3 is 0 Å². The maximum atomic E-state index is 5.45. The summed E-state index contributed by atoms with van der Waals surface area (Å²) in [7, 11) is 0. The average molecular weight is 779 g/mol. The van der Waals surface area contributed by atoms with Crippen LogP contribution in [0.4, 0.5) is 0 Å². The zero-order chi connectivity index (χ0) is 40.5. The Morgan fingerprint density at radius 3 is 1.44 bits per heavy atom. The summed E-state index contributed by atoms with van der Waals surface area (Å²) in [6, 6.07) is 80.9. The van der Waals surface area contributed by atoms with Crippen molar-refractivity contribution in [3.63, 3.8) is 0 Å². The third-order valence-corrected chi connectivity index (χ3v) is 11.4. The first-order valence-corrected chi connectivity index (χ1v) is 20.6. The number of hydrogen-bond donors (Lipinski definition) is 0. The van der Waals surface area contributed by atoms with Crippen LogP contribution < -0.4 is 0 Å². The standard InChI is InChI=1S/C57H38N4/c1-6-19-39(20-7-1)43-27-16-29-45(35-43)52-38-53(59-57(58-52)46-30-17-28-44(36-46)40-21-8-2-9-22-40)48-33-18-34-49-51(48)37-50(41-23-10-3-11-24-41)54-55(42-25-12-4-13-26-42)60-61(56(49)54)47-31-14-5-15-32-47/h1-38H. The van der Waals surface area contributed by atoms with Gasteiger partial charge in [0, 0.05) is 33.0 Å². The number of nitrogens with zero attached hydrogens (tertiary/aromatic N) is 4. The molecule has 0 saturated heterocycles. The molecule has 0 aliphatic heterocycles. The molecule has 0 atom stereocenters. The van der Waals surface area contributed by atoms with Gasteiger partial charge in [-0.2, -0.15) is 5.10 Å². The summed E-state index contributed by atoms with van der Waals surface area (Å²) in [5.41, 5.74) is 15.5. The van der Waals surface area contributed by atoms with E-state index in [1.54, 1.807) is 0 Å². The number of para-hydroxylation sites is 1. The fourth-order valence-electron chi connectivity index (χ4n) is 8.51. The highest BCUT2D eigenvalue weighted by Gasteiger charge is 2.23. The lowest BCUT2D eigenvalue weighted by molar-refractivity contribution is 0.918. The third-order valence-electron chi connectivity index (χ3n) is 11.4. The van der Waals surface area contributed by atoms with Crippen molar-refractivity contribution in [3.8, 4) is 84.2 Å². The summed E-state index contributed by atoms with van der Waals surface area (Å²) in [4.78, 5) is 10.8. The molecule has 61 heavy (non-hydrogen) atoms. The monoisotopic (exact) mass is 778 g/mol. The van der Waals surface area contributed by atoms with Gasteiger partial charge in [-0.1, -0.05) is 194 Å². The molecule has 0 unspecified atom stereocenters. The highest BCUT2D eigenvalue weighted by molar-refractivity contribution is 6.19. The lowest BCUT2D eigenvalue weighted by atomic mass is 9.91. The summed E-state index contributed by atoms with van der Waals surface area (Å²) in [6.45, 7) is 0. The van der Waals surface area contributed by atoms with Gasteiger partial charge in [-0.25, -0.2) is 14.6 Å². The van der Waals surface area contributed by atoms with E-state index in [1.807, 2.05) is 12.1 Å². The first-order valence-electron chi connectivity index (χ1n) is 20.6. The molecule has 0 amide bonds.